The number of hydrogen-bond donors (Lipinski definition) is 1. The topological polar surface area (TPSA) is 71.1 Å². The van der Waals surface area contributed by atoms with Crippen molar-refractivity contribution in [2.24, 2.45) is 0 Å². The summed E-state index contributed by atoms with van der Waals surface area (Å²) in [4.78, 5) is 27.6. The third kappa shape index (κ3) is 3.42. The quantitative estimate of drug-likeness (QED) is 0.852. The first-order valence-electron chi connectivity index (χ1n) is 8.68. The molecule has 0 atom stereocenters. The molecule has 9 heteroatoms. The lowest BCUT2D eigenvalue weighted by Gasteiger charge is -2.18. The van der Waals surface area contributed by atoms with E-state index in [9.17, 15) is 18.4 Å². The number of anilines is 1. The number of carbonyl (C=O) groups excluding carboxylic acids is 2. The summed E-state index contributed by atoms with van der Waals surface area (Å²) in [5, 5.41) is 2.45. The molecule has 28 heavy (non-hydrogen) atoms. The molecular formula is C19H17F2N3O4. The lowest BCUT2D eigenvalue weighted by molar-refractivity contribution is -0.121. The summed E-state index contributed by atoms with van der Waals surface area (Å²) in [5.74, 6) is -0.776. The van der Waals surface area contributed by atoms with Gasteiger partial charge >= 0.3 is 6.03 Å². The third-order valence-corrected chi connectivity index (χ3v) is 4.62. The molecule has 0 saturated carbocycles. The molecule has 0 radical (unpaired) electrons. The molecule has 0 spiro atoms. The van der Waals surface area contributed by atoms with Gasteiger partial charge in [0.25, 0.3) is 0 Å². The van der Waals surface area contributed by atoms with Gasteiger partial charge in [0.1, 0.15) is 18.2 Å². The average Bonchev–Trinajstić information content (AvgIpc) is 3.28. The molecule has 1 N–H and O–H groups in total. The van der Waals surface area contributed by atoms with Crippen molar-refractivity contribution in [2.75, 3.05) is 31.3 Å². The van der Waals surface area contributed by atoms with Crippen LogP contribution in [0.25, 0.3) is 0 Å². The Morgan fingerprint density at radius 2 is 1.82 bits per heavy atom. The summed E-state index contributed by atoms with van der Waals surface area (Å²) in [6.07, 6.45) is 0. The number of carbonyl (C=O) groups is 2. The fraction of sp³-hybridized carbons (Fsp3) is 0.263. The van der Waals surface area contributed by atoms with Gasteiger partial charge in [0.15, 0.2) is 11.5 Å². The molecule has 2 aliphatic rings. The summed E-state index contributed by atoms with van der Waals surface area (Å²) in [6.45, 7) is 0.422. The third-order valence-electron chi connectivity index (χ3n) is 4.62. The number of nitrogens with zero attached hydrogens (tertiary/aromatic N) is 2. The van der Waals surface area contributed by atoms with E-state index in [0.717, 1.165) is 12.1 Å². The van der Waals surface area contributed by atoms with Crippen LogP contribution in [0.15, 0.2) is 36.4 Å². The number of urea groups is 1. The van der Waals surface area contributed by atoms with Gasteiger partial charge in [-0.3, -0.25) is 9.69 Å². The van der Waals surface area contributed by atoms with E-state index in [1.165, 1.54) is 15.9 Å². The molecule has 2 aliphatic heterocycles. The second-order valence-corrected chi connectivity index (χ2v) is 6.37. The fourth-order valence-electron chi connectivity index (χ4n) is 3.14. The predicted octanol–water partition coefficient (Wildman–Crippen LogP) is 2.25. The van der Waals surface area contributed by atoms with Crippen LogP contribution in [0.1, 0.15) is 5.56 Å². The minimum absolute atomic E-state index is 0.141. The molecule has 0 unspecified atom stereocenters. The van der Waals surface area contributed by atoms with E-state index >= 15 is 0 Å². The van der Waals surface area contributed by atoms with Crippen LogP contribution in [0.4, 0.5) is 19.3 Å². The Hall–Kier alpha value is -3.36. The lowest BCUT2D eigenvalue weighted by atomic mass is 10.2. The Kier molecular flexibility index (Phi) is 4.72. The number of halogens is 2. The van der Waals surface area contributed by atoms with Crippen molar-refractivity contribution < 1.29 is 27.8 Å². The summed E-state index contributed by atoms with van der Waals surface area (Å²) in [5.41, 5.74) is 0.427. The maximum absolute atomic E-state index is 13.6. The number of ether oxygens (including phenoxy) is 2. The van der Waals surface area contributed by atoms with E-state index in [1.807, 2.05) is 0 Å². The van der Waals surface area contributed by atoms with Gasteiger partial charge in [-0.2, -0.15) is 0 Å². The van der Waals surface area contributed by atoms with Crippen LogP contribution in [-0.2, 0) is 11.3 Å². The number of fused-ring (bicyclic) bond motifs is 1. The Morgan fingerprint density at radius 1 is 1.07 bits per heavy atom. The Bertz CT molecular complexity index is 917. The summed E-state index contributed by atoms with van der Waals surface area (Å²) in [6, 6.07) is 8.36. The highest BCUT2D eigenvalue weighted by molar-refractivity contribution is 5.96. The zero-order valence-corrected chi connectivity index (χ0v) is 14.8. The molecule has 0 bridgehead atoms. The van der Waals surface area contributed by atoms with Gasteiger partial charge in [-0.25, -0.2) is 13.6 Å². The van der Waals surface area contributed by atoms with Gasteiger partial charge in [0.2, 0.25) is 12.7 Å². The van der Waals surface area contributed by atoms with E-state index in [4.69, 9.17) is 9.47 Å². The van der Waals surface area contributed by atoms with Crippen molar-refractivity contribution in [1.82, 2.24) is 10.2 Å². The van der Waals surface area contributed by atoms with Gasteiger partial charge < -0.3 is 19.7 Å². The zero-order valence-electron chi connectivity index (χ0n) is 14.8. The Labute approximate surface area is 159 Å². The molecule has 0 aliphatic carbocycles. The number of hydrogen-bond acceptors (Lipinski definition) is 4. The molecule has 1 saturated heterocycles. The summed E-state index contributed by atoms with van der Waals surface area (Å²) in [7, 11) is 0. The van der Waals surface area contributed by atoms with Crippen LogP contribution in [0, 0.1) is 11.6 Å². The molecule has 1 fully saturated rings. The zero-order chi connectivity index (χ0) is 19.7. The van der Waals surface area contributed by atoms with Crippen molar-refractivity contribution in [1.29, 1.82) is 0 Å². The van der Waals surface area contributed by atoms with Gasteiger partial charge in [-0.05, 0) is 24.3 Å². The monoisotopic (exact) mass is 389 g/mol. The van der Waals surface area contributed by atoms with Crippen LogP contribution >= 0.6 is 0 Å². The first-order chi connectivity index (χ1) is 13.5. The second kappa shape index (κ2) is 7.34. The molecule has 2 heterocycles. The number of nitrogens with one attached hydrogen (secondary N) is 1. The molecule has 7 nitrogen and oxygen atoms in total. The lowest BCUT2D eigenvalue weighted by Crippen LogP contribution is -2.40. The molecule has 0 aromatic heterocycles. The minimum atomic E-state index is -0.730. The van der Waals surface area contributed by atoms with E-state index < -0.39 is 17.5 Å². The highest BCUT2D eigenvalue weighted by Gasteiger charge is 2.31. The van der Waals surface area contributed by atoms with Gasteiger partial charge in [-0.15, -0.1) is 0 Å². The average molecular weight is 389 g/mol. The van der Waals surface area contributed by atoms with Crippen LogP contribution < -0.4 is 19.7 Å². The fourth-order valence-corrected chi connectivity index (χ4v) is 3.14. The number of amides is 3. The first kappa shape index (κ1) is 18.0. The van der Waals surface area contributed by atoms with Crippen molar-refractivity contribution >= 4 is 17.6 Å². The molecule has 2 aromatic carbocycles. The largest absolute Gasteiger partial charge is 0.454 e. The summed E-state index contributed by atoms with van der Waals surface area (Å²) < 4.78 is 37.8. The van der Waals surface area contributed by atoms with Gasteiger partial charge in [-0.1, -0.05) is 6.07 Å². The van der Waals surface area contributed by atoms with E-state index in [-0.39, 0.29) is 31.5 Å². The van der Waals surface area contributed by atoms with Crippen molar-refractivity contribution in [2.45, 2.75) is 6.54 Å². The van der Waals surface area contributed by atoms with Crippen molar-refractivity contribution in [3.8, 4) is 11.5 Å². The predicted molar refractivity (Wildman–Crippen MR) is 95.1 cm³/mol. The van der Waals surface area contributed by atoms with Crippen molar-refractivity contribution in [3.05, 3.63) is 53.6 Å². The smallest absolute Gasteiger partial charge is 0.325 e. The van der Waals surface area contributed by atoms with Gasteiger partial charge in [0, 0.05) is 37.0 Å². The van der Waals surface area contributed by atoms with Crippen molar-refractivity contribution in [3.63, 3.8) is 0 Å². The van der Waals surface area contributed by atoms with Gasteiger partial charge in [0.05, 0.1) is 0 Å². The van der Waals surface area contributed by atoms with Crippen LogP contribution in [0.2, 0.25) is 0 Å². The maximum atomic E-state index is 13.6. The maximum Gasteiger partial charge on any atom is 0.325 e. The highest BCUT2D eigenvalue weighted by atomic mass is 19.1. The molecule has 4 rings (SSSR count). The standard InChI is InChI=1S/C19H17F2N3O4/c20-14-2-1-3-15(21)13(14)9-22-18(25)10-23-6-7-24(19(23)26)12-4-5-16-17(8-12)28-11-27-16/h1-5,8H,6-7,9-11H2,(H,22,25). The minimum Gasteiger partial charge on any atom is -0.454 e. The Balaban J connectivity index is 1.35. The number of benzene rings is 2. The van der Waals surface area contributed by atoms with E-state index in [2.05, 4.69) is 5.32 Å². The summed E-state index contributed by atoms with van der Waals surface area (Å²) >= 11 is 0. The number of rotatable bonds is 5. The van der Waals surface area contributed by atoms with Crippen LogP contribution in [0.3, 0.4) is 0 Å². The van der Waals surface area contributed by atoms with Crippen LogP contribution in [0.5, 0.6) is 11.5 Å². The SMILES string of the molecule is O=C(CN1CCN(c2ccc3c(c2)OCO3)C1=O)NCc1c(F)cccc1F. The second-order valence-electron chi connectivity index (χ2n) is 6.37. The molecule has 146 valence electrons. The van der Waals surface area contributed by atoms with E-state index in [0.29, 0.717) is 30.3 Å². The molecular weight excluding hydrogens is 372 g/mol. The van der Waals surface area contributed by atoms with E-state index in [1.54, 1.807) is 18.2 Å². The molecule has 2 aromatic rings. The van der Waals surface area contributed by atoms with Crippen LogP contribution in [-0.4, -0.2) is 43.3 Å². The highest BCUT2D eigenvalue weighted by Crippen LogP contribution is 2.36. The molecule has 3 amide bonds. The first-order valence-corrected chi connectivity index (χ1v) is 8.68. The Morgan fingerprint density at radius 3 is 2.61 bits per heavy atom. The normalized spacial score (nSPS) is 15.3.